The SMILES string of the molecule is CCCCCCCCCCC/C=C/CC1=NC=C[N+]1(CC(=O)O)C(C)N. The minimum absolute atomic E-state index is 0.0565. The van der Waals surface area contributed by atoms with Gasteiger partial charge in [-0.05, 0) is 12.8 Å². The maximum absolute atomic E-state index is 11.2. The highest BCUT2D eigenvalue weighted by molar-refractivity contribution is 5.82. The molecule has 0 aromatic rings. The van der Waals surface area contributed by atoms with Crippen LogP contribution in [0.4, 0.5) is 0 Å². The van der Waals surface area contributed by atoms with E-state index in [9.17, 15) is 9.90 Å². The number of unbranched alkanes of at least 4 members (excludes halogenated alkanes) is 9. The van der Waals surface area contributed by atoms with Crippen LogP contribution in [-0.4, -0.2) is 34.1 Å². The number of hydrogen-bond donors (Lipinski definition) is 2. The van der Waals surface area contributed by atoms with Crippen molar-refractivity contribution in [2.45, 2.75) is 90.6 Å². The fourth-order valence-corrected chi connectivity index (χ4v) is 3.42. The van der Waals surface area contributed by atoms with E-state index in [1.165, 1.54) is 57.8 Å². The molecule has 0 aliphatic carbocycles. The van der Waals surface area contributed by atoms with Crippen LogP contribution in [0.15, 0.2) is 29.5 Å². The Morgan fingerprint density at radius 3 is 2.35 bits per heavy atom. The van der Waals surface area contributed by atoms with Gasteiger partial charge in [0.25, 0.3) is 0 Å². The Hall–Kier alpha value is -1.46. The van der Waals surface area contributed by atoms with Crippen LogP contribution in [0.25, 0.3) is 0 Å². The molecule has 5 nitrogen and oxygen atoms in total. The molecule has 1 aliphatic heterocycles. The average molecular weight is 365 g/mol. The Labute approximate surface area is 159 Å². The topological polar surface area (TPSA) is 75.7 Å². The molecule has 0 spiro atoms. The smallest absolute Gasteiger partial charge is 0.360 e. The largest absolute Gasteiger partial charge is 0.477 e. The lowest BCUT2D eigenvalue weighted by atomic mass is 10.1. The highest BCUT2D eigenvalue weighted by Gasteiger charge is 2.40. The van der Waals surface area contributed by atoms with Crippen molar-refractivity contribution in [1.82, 2.24) is 0 Å². The van der Waals surface area contributed by atoms with E-state index >= 15 is 0 Å². The number of quaternary nitrogens is 1. The van der Waals surface area contributed by atoms with Gasteiger partial charge in [0.1, 0.15) is 12.4 Å². The van der Waals surface area contributed by atoms with Crippen LogP contribution in [0.1, 0.15) is 84.5 Å². The Balaban J connectivity index is 2.20. The number of nitrogens with zero attached hydrogens (tertiary/aromatic N) is 2. The molecule has 0 saturated heterocycles. The first kappa shape index (κ1) is 22.6. The zero-order valence-electron chi connectivity index (χ0n) is 16.7. The third-order valence-corrected chi connectivity index (χ3v) is 5.10. The molecular weight excluding hydrogens is 326 g/mol. The van der Waals surface area contributed by atoms with Crippen molar-refractivity contribution in [3.8, 4) is 0 Å². The van der Waals surface area contributed by atoms with Crippen molar-refractivity contribution in [2.24, 2.45) is 10.7 Å². The molecule has 0 aromatic heterocycles. The number of aliphatic carboxylic acids is 1. The van der Waals surface area contributed by atoms with E-state index < -0.39 is 5.97 Å². The second kappa shape index (κ2) is 12.8. The van der Waals surface area contributed by atoms with E-state index in [2.05, 4.69) is 24.1 Å². The first-order valence-electron chi connectivity index (χ1n) is 10.3. The molecule has 5 heteroatoms. The molecule has 0 saturated carbocycles. The summed E-state index contributed by atoms with van der Waals surface area (Å²) in [6, 6.07) is 0. The van der Waals surface area contributed by atoms with Crippen LogP contribution < -0.4 is 5.73 Å². The van der Waals surface area contributed by atoms with Crippen LogP contribution in [0.5, 0.6) is 0 Å². The molecule has 0 fully saturated rings. The van der Waals surface area contributed by atoms with E-state index in [0.29, 0.717) is 6.42 Å². The summed E-state index contributed by atoms with van der Waals surface area (Å²) in [5.41, 5.74) is 6.06. The minimum Gasteiger partial charge on any atom is -0.477 e. The molecule has 0 aromatic carbocycles. The third-order valence-electron chi connectivity index (χ3n) is 5.10. The minimum atomic E-state index is -0.861. The first-order valence-corrected chi connectivity index (χ1v) is 10.3. The van der Waals surface area contributed by atoms with Gasteiger partial charge in [-0.25, -0.2) is 14.3 Å². The summed E-state index contributed by atoms with van der Waals surface area (Å²) in [7, 11) is 0. The van der Waals surface area contributed by atoms with E-state index in [1.54, 1.807) is 12.4 Å². The Kier molecular flexibility index (Phi) is 11.1. The van der Waals surface area contributed by atoms with Crippen molar-refractivity contribution < 1.29 is 14.4 Å². The lowest BCUT2D eigenvalue weighted by Crippen LogP contribution is -2.58. The fraction of sp³-hybridized carbons (Fsp3) is 0.714. The predicted octanol–water partition coefficient (Wildman–Crippen LogP) is 4.94. The van der Waals surface area contributed by atoms with Crippen molar-refractivity contribution in [1.29, 1.82) is 0 Å². The van der Waals surface area contributed by atoms with Crippen LogP contribution >= 0.6 is 0 Å². The number of allylic oxidation sites excluding steroid dienone is 1. The molecule has 1 aliphatic rings. The number of carbonyl (C=O) groups is 1. The highest BCUT2D eigenvalue weighted by atomic mass is 16.4. The van der Waals surface area contributed by atoms with Gasteiger partial charge in [0.05, 0.1) is 12.6 Å². The van der Waals surface area contributed by atoms with Crippen molar-refractivity contribution in [3.63, 3.8) is 0 Å². The third kappa shape index (κ3) is 7.83. The number of amidine groups is 1. The molecule has 0 bridgehead atoms. The van der Waals surface area contributed by atoms with Gasteiger partial charge in [-0.1, -0.05) is 70.4 Å². The lowest BCUT2D eigenvalue weighted by molar-refractivity contribution is -0.805. The number of hydrogen-bond acceptors (Lipinski definition) is 3. The van der Waals surface area contributed by atoms with Crippen LogP contribution in [0, 0.1) is 0 Å². The monoisotopic (exact) mass is 364 g/mol. The van der Waals surface area contributed by atoms with Gasteiger partial charge in [0.15, 0.2) is 6.54 Å². The zero-order chi connectivity index (χ0) is 19.3. The summed E-state index contributed by atoms with van der Waals surface area (Å²) in [5.74, 6) is -0.0500. The molecular formula is C21H38N3O2+. The van der Waals surface area contributed by atoms with E-state index in [4.69, 9.17) is 5.73 Å². The number of aliphatic imine (C=N–C) groups is 1. The first-order chi connectivity index (χ1) is 12.5. The van der Waals surface area contributed by atoms with Crippen LogP contribution in [0.2, 0.25) is 0 Å². The van der Waals surface area contributed by atoms with Gasteiger partial charge >= 0.3 is 5.97 Å². The molecule has 26 heavy (non-hydrogen) atoms. The lowest BCUT2D eigenvalue weighted by Gasteiger charge is -2.34. The standard InChI is InChI=1S/C21H37N3O2/c1-3-4-5-6-7-8-9-10-11-12-13-14-15-20-23-16-17-24(20,19(2)22)18-21(25)26/h13-14,16-17,19H,3-12,15,18,22H2,1-2H3/p+1/b14-13+. The molecule has 0 amide bonds. The second-order valence-corrected chi connectivity index (χ2v) is 7.36. The van der Waals surface area contributed by atoms with Crippen molar-refractivity contribution in [3.05, 3.63) is 24.6 Å². The van der Waals surface area contributed by atoms with Gasteiger partial charge in [-0.15, -0.1) is 0 Å². The predicted molar refractivity (Wildman–Crippen MR) is 109 cm³/mol. The van der Waals surface area contributed by atoms with E-state index in [0.717, 1.165) is 12.3 Å². The van der Waals surface area contributed by atoms with E-state index in [-0.39, 0.29) is 17.2 Å². The van der Waals surface area contributed by atoms with Crippen LogP contribution in [0.3, 0.4) is 0 Å². The van der Waals surface area contributed by atoms with Gasteiger partial charge in [0.2, 0.25) is 5.84 Å². The quantitative estimate of drug-likeness (QED) is 0.245. The zero-order valence-corrected chi connectivity index (χ0v) is 16.7. The van der Waals surface area contributed by atoms with Crippen LogP contribution in [-0.2, 0) is 4.79 Å². The Morgan fingerprint density at radius 1 is 1.15 bits per heavy atom. The molecule has 3 N–H and O–H groups in total. The number of rotatable bonds is 15. The average Bonchev–Trinajstić information content (AvgIpc) is 2.99. The summed E-state index contributed by atoms with van der Waals surface area (Å²) in [6.07, 6.45) is 21.2. The number of nitrogens with two attached hydrogens (primary N) is 1. The number of carboxylic acids is 1. The molecule has 0 radical (unpaired) electrons. The molecule has 148 valence electrons. The summed E-state index contributed by atoms with van der Waals surface area (Å²) in [6.45, 7) is 4.03. The Morgan fingerprint density at radius 2 is 1.77 bits per heavy atom. The van der Waals surface area contributed by atoms with Gasteiger partial charge in [0, 0.05) is 6.92 Å². The normalized spacial score (nSPS) is 20.7. The summed E-state index contributed by atoms with van der Waals surface area (Å²) < 4.78 is 0.123. The Bertz CT molecular complexity index is 497. The fourth-order valence-electron chi connectivity index (χ4n) is 3.42. The maximum Gasteiger partial charge on any atom is 0.360 e. The molecule has 2 atom stereocenters. The maximum atomic E-state index is 11.2. The summed E-state index contributed by atoms with van der Waals surface area (Å²) in [5, 5.41) is 9.20. The van der Waals surface area contributed by atoms with Crippen molar-refractivity contribution >= 4 is 11.8 Å². The van der Waals surface area contributed by atoms with Gasteiger partial charge in [-0.3, -0.25) is 5.73 Å². The molecule has 2 unspecified atom stereocenters. The molecule has 1 rings (SSSR count). The number of carboxylic acid groups (broad SMARTS) is 1. The molecule has 1 heterocycles. The highest BCUT2D eigenvalue weighted by Crippen LogP contribution is 2.22. The summed E-state index contributed by atoms with van der Waals surface area (Å²) >= 11 is 0. The van der Waals surface area contributed by atoms with Gasteiger partial charge in [-0.2, -0.15) is 0 Å². The van der Waals surface area contributed by atoms with Gasteiger partial charge < -0.3 is 5.11 Å². The second-order valence-electron chi connectivity index (χ2n) is 7.36. The summed E-state index contributed by atoms with van der Waals surface area (Å²) in [4.78, 5) is 15.6. The van der Waals surface area contributed by atoms with Crippen molar-refractivity contribution in [2.75, 3.05) is 6.54 Å². The van der Waals surface area contributed by atoms with E-state index in [1.807, 2.05) is 6.92 Å².